The van der Waals surface area contributed by atoms with Crippen LogP contribution in [-0.4, -0.2) is 52.3 Å². The molecule has 0 unspecified atom stereocenters. The van der Waals surface area contributed by atoms with E-state index in [-0.39, 0.29) is 0 Å². The molecule has 9 nitrogen and oxygen atoms in total. The lowest BCUT2D eigenvalue weighted by Crippen LogP contribution is -2.34. The molecule has 0 amide bonds. The monoisotopic (exact) mass is 566 g/mol. The van der Waals surface area contributed by atoms with E-state index in [2.05, 4.69) is 37.0 Å². The molecule has 39 heavy (non-hydrogen) atoms. The summed E-state index contributed by atoms with van der Waals surface area (Å²) in [6.45, 7) is 2.62. The number of hydrogen-bond acceptors (Lipinski definition) is 9. The number of nitrogens with one attached hydrogen (secondary N) is 3. The molecule has 0 atom stereocenters. The quantitative estimate of drug-likeness (QED) is 0.265. The molecule has 204 valence electrons. The fraction of sp³-hybridized carbons (Fsp3) is 0.464. The lowest BCUT2D eigenvalue weighted by Gasteiger charge is -2.30. The van der Waals surface area contributed by atoms with Gasteiger partial charge in [-0.2, -0.15) is 5.26 Å². The normalized spacial score (nSPS) is 20.5. The highest BCUT2D eigenvalue weighted by Crippen LogP contribution is 2.33. The van der Waals surface area contributed by atoms with Crippen LogP contribution in [0.25, 0.3) is 11.3 Å². The third kappa shape index (κ3) is 7.27. The van der Waals surface area contributed by atoms with Crippen LogP contribution in [0.5, 0.6) is 0 Å². The largest absolute Gasteiger partial charge is 0.381 e. The summed E-state index contributed by atoms with van der Waals surface area (Å²) in [5, 5.41) is 21.1. The van der Waals surface area contributed by atoms with Gasteiger partial charge in [0.1, 0.15) is 28.9 Å². The third-order valence-electron chi connectivity index (χ3n) is 7.58. The van der Waals surface area contributed by atoms with Gasteiger partial charge in [0.05, 0.1) is 22.2 Å². The molecular weight excluding hydrogens is 535 g/mol. The summed E-state index contributed by atoms with van der Waals surface area (Å²) in [7, 11) is 0. The zero-order valence-corrected chi connectivity index (χ0v) is 23.2. The van der Waals surface area contributed by atoms with Gasteiger partial charge in [0, 0.05) is 50.2 Å². The first-order valence-electron chi connectivity index (χ1n) is 13.4. The highest BCUT2D eigenvalue weighted by atomic mass is 35.5. The molecule has 0 radical (unpaired) electrons. The SMILES string of the molecule is N#CC1(CNc2cccc(-c3cc(N[C@H]4CC[C@H](CNc5cc(Cl)ncn5)CC4)ncc3Cl)n2)CCOCC1. The number of nitriles is 1. The Labute approximate surface area is 238 Å². The van der Waals surface area contributed by atoms with Crippen molar-refractivity contribution in [3.63, 3.8) is 0 Å². The van der Waals surface area contributed by atoms with Crippen LogP contribution in [0.1, 0.15) is 38.5 Å². The van der Waals surface area contributed by atoms with Crippen molar-refractivity contribution in [3.8, 4) is 17.3 Å². The minimum absolute atomic E-state index is 0.346. The maximum atomic E-state index is 9.74. The predicted molar refractivity (Wildman–Crippen MR) is 154 cm³/mol. The average molecular weight is 568 g/mol. The molecular formula is C28H32Cl2N8O. The van der Waals surface area contributed by atoms with Gasteiger partial charge in [0.2, 0.25) is 0 Å². The van der Waals surface area contributed by atoms with E-state index in [9.17, 15) is 5.26 Å². The van der Waals surface area contributed by atoms with Crippen molar-refractivity contribution >= 4 is 40.7 Å². The van der Waals surface area contributed by atoms with Crippen LogP contribution in [0.4, 0.5) is 17.5 Å². The Hall–Kier alpha value is -3.19. The zero-order valence-electron chi connectivity index (χ0n) is 21.7. The van der Waals surface area contributed by atoms with Gasteiger partial charge in [-0.3, -0.25) is 0 Å². The summed E-state index contributed by atoms with van der Waals surface area (Å²) in [5.74, 6) is 2.84. The van der Waals surface area contributed by atoms with Gasteiger partial charge in [-0.25, -0.2) is 19.9 Å². The minimum atomic E-state index is -0.431. The van der Waals surface area contributed by atoms with Crippen molar-refractivity contribution in [3.05, 3.63) is 53.0 Å². The Morgan fingerprint density at radius 3 is 2.56 bits per heavy atom. The lowest BCUT2D eigenvalue weighted by molar-refractivity contribution is 0.0455. The van der Waals surface area contributed by atoms with Crippen molar-refractivity contribution in [2.45, 2.75) is 44.6 Å². The summed E-state index contributed by atoms with van der Waals surface area (Å²) in [4.78, 5) is 17.5. The fourth-order valence-electron chi connectivity index (χ4n) is 5.15. The molecule has 11 heteroatoms. The smallest absolute Gasteiger partial charge is 0.134 e. The van der Waals surface area contributed by atoms with E-state index in [0.29, 0.717) is 47.7 Å². The molecule has 4 heterocycles. The van der Waals surface area contributed by atoms with Crippen LogP contribution < -0.4 is 16.0 Å². The molecule has 1 saturated heterocycles. The van der Waals surface area contributed by atoms with Crippen molar-refractivity contribution in [1.29, 1.82) is 5.26 Å². The standard InChI is InChI=1S/C28H32Cl2N8O/c29-22-15-33-27(37-20-6-4-19(5-7-20)14-32-26-13-24(30)35-18-36-26)12-21(22)23-2-1-3-25(38-23)34-17-28(16-31)8-10-39-11-9-28/h1-3,12-13,15,18-20H,4-11,14,17H2,(H,33,37)(H,34,38)(H,32,35,36)/t19-,20-. The Morgan fingerprint density at radius 2 is 1.79 bits per heavy atom. The number of anilines is 3. The second-order valence-corrected chi connectivity index (χ2v) is 11.1. The van der Waals surface area contributed by atoms with Crippen LogP contribution in [0.2, 0.25) is 10.2 Å². The maximum absolute atomic E-state index is 9.74. The molecule has 3 aromatic heterocycles. The molecule has 0 bridgehead atoms. The van der Waals surface area contributed by atoms with Crippen LogP contribution in [0, 0.1) is 22.7 Å². The number of hydrogen-bond donors (Lipinski definition) is 3. The van der Waals surface area contributed by atoms with E-state index in [1.807, 2.05) is 24.3 Å². The van der Waals surface area contributed by atoms with E-state index in [4.69, 9.17) is 32.9 Å². The zero-order chi connectivity index (χ0) is 27.1. The van der Waals surface area contributed by atoms with Crippen LogP contribution >= 0.6 is 23.2 Å². The topological polar surface area (TPSA) is 121 Å². The van der Waals surface area contributed by atoms with Crippen molar-refractivity contribution in [1.82, 2.24) is 19.9 Å². The van der Waals surface area contributed by atoms with Crippen molar-refractivity contribution in [2.75, 3.05) is 42.3 Å². The average Bonchev–Trinajstić information content (AvgIpc) is 2.97. The number of aromatic nitrogens is 4. The number of rotatable bonds is 9. The van der Waals surface area contributed by atoms with Crippen LogP contribution in [0.3, 0.4) is 0 Å². The Morgan fingerprint density at radius 1 is 0.974 bits per heavy atom. The maximum Gasteiger partial charge on any atom is 0.134 e. The Kier molecular flexibility index (Phi) is 8.97. The van der Waals surface area contributed by atoms with Crippen molar-refractivity contribution < 1.29 is 4.74 Å². The van der Waals surface area contributed by atoms with E-state index in [1.165, 1.54) is 6.33 Å². The number of pyridine rings is 2. The summed E-state index contributed by atoms with van der Waals surface area (Å²) >= 11 is 12.5. The molecule has 0 spiro atoms. The number of nitrogens with zero attached hydrogens (tertiary/aromatic N) is 5. The van der Waals surface area contributed by atoms with Gasteiger partial charge in [0.15, 0.2) is 0 Å². The summed E-state index contributed by atoms with van der Waals surface area (Å²) in [5.41, 5.74) is 1.15. The number of halogens is 2. The lowest BCUT2D eigenvalue weighted by atomic mass is 9.82. The van der Waals surface area contributed by atoms with Gasteiger partial charge < -0.3 is 20.7 Å². The third-order valence-corrected chi connectivity index (χ3v) is 8.09. The summed E-state index contributed by atoms with van der Waals surface area (Å²) in [6.07, 6.45) is 8.91. The second-order valence-electron chi connectivity index (χ2n) is 10.3. The second kappa shape index (κ2) is 12.8. The molecule has 2 aliphatic rings. The van der Waals surface area contributed by atoms with E-state index in [1.54, 1.807) is 12.3 Å². The van der Waals surface area contributed by atoms with Gasteiger partial charge in [-0.05, 0) is 62.6 Å². The molecule has 3 N–H and O–H groups in total. The Balaban J connectivity index is 1.17. The van der Waals surface area contributed by atoms with Crippen molar-refractivity contribution in [2.24, 2.45) is 11.3 Å². The van der Waals surface area contributed by atoms with Gasteiger partial charge in [0.25, 0.3) is 0 Å². The first kappa shape index (κ1) is 27.4. The number of ether oxygens (including phenoxy) is 1. The fourth-order valence-corrected chi connectivity index (χ4v) is 5.49. The van der Waals surface area contributed by atoms with E-state index < -0.39 is 5.41 Å². The molecule has 1 aliphatic heterocycles. The molecule has 1 aliphatic carbocycles. The molecule has 3 aromatic rings. The highest BCUT2D eigenvalue weighted by Gasteiger charge is 2.32. The van der Waals surface area contributed by atoms with E-state index in [0.717, 1.165) is 68.0 Å². The van der Waals surface area contributed by atoms with Crippen LogP contribution in [-0.2, 0) is 4.74 Å². The summed E-state index contributed by atoms with van der Waals surface area (Å²) in [6, 6.07) is 12.3. The first-order chi connectivity index (χ1) is 19.0. The summed E-state index contributed by atoms with van der Waals surface area (Å²) < 4.78 is 5.44. The molecule has 1 saturated carbocycles. The predicted octanol–water partition coefficient (Wildman–Crippen LogP) is 6.06. The van der Waals surface area contributed by atoms with Gasteiger partial charge >= 0.3 is 0 Å². The molecule has 5 rings (SSSR count). The minimum Gasteiger partial charge on any atom is -0.381 e. The molecule has 0 aromatic carbocycles. The van der Waals surface area contributed by atoms with Gasteiger partial charge in [-0.15, -0.1) is 0 Å². The first-order valence-corrected chi connectivity index (χ1v) is 14.1. The van der Waals surface area contributed by atoms with Crippen LogP contribution in [0.15, 0.2) is 42.9 Å². The van der Waals surface area contributed by atoms with E-state index >= 15 is 0 Å². The molecule has 2 fully saturated rings. The highest BCUT2D eigenvalue weighted by molar-refractivity contribution is 6.33. The van der Waals surface area contributed by atoms with Gasteiger partial charge in [-0.1, -0.05) is 29.3 Å². The Bertz CT molecular complexity index is 1300.